The van der Waals surface area contributed by atoms with E-state index in [2.05, 4.69) is 15.0 Å². The zero-order valence-electron chi connectivity index (χ0n) is 19.7. The molecule has 2 unspecified atom stereocenters. The minimum absolute atomic E-state index is 0.0517. The van der Waals surface area contributed by atoms with Gasteiger partial charge in [0.05, 0.1) is 12.6 Å². The summed E-state index contributed by atoms with van der Waals surface area (Å²) in [5, 5.41) is 2.66. The van der Waals surface area contributed by atoms with Gasteiger partial charge in [-0.1, -0.05) is 6.07 Å². The van der Waals surface area contributed by atoms with Crippen LogP contribution in [0.3, 0.4) is 0 Å². The number of ether oxygens (including phenoxy) is 1. The standard InChI is InChI=1S/C25H25F3N4O5/c26-25(27,28)37-17-9-7-16(8-10-17)23(35)30-13-4-2-6-21(34)31-14-11-19-22(31)20(33)15-32(19)24(36)18-5-1-3-12-29-18/h1,3,5,7-10,12,19,22H,2,4,6,11,13-15H2,(H,30,35). The van der Waals surface area contributed by atoms with E-state index in [-0.39, 0.29) is 54.4 Å². The molecule has 0 saturated carbocycles. The molecule has 12 heteroatoms. The average molecular weight is 518 g/mol. The minimum atomic E-state index is -4.81. The Morgan fingerprint density at radius 1 is 1.05 bits per heavy atom. The number of nitrogens with one attached hydrogen (secondary N) is 1. The van der Waals surface area contributed by atoms with Crippen LogP contribution < -0.4 is 10.1 Å². The quantitative estimate of drug-likeness (QED) is 0.538. The Bertz CT molecular complexity index is 1160. The number of pyridine rings is 1. The number of benzene rings is 1. The molecule has 2 fully saturated rings. The molecule has 2 aliphatic rings. The SMILES string of the molecule is O=C(NCCCCC(=O)N1CCC2C1C(=O)CN2C(=O)c1ccccn1)c1ccc(OC(F)(F)F)cc1. The first-order chi connectivity index (χ1) is 17.6. The van der Waals surface area contributed by atoms with Crippen LogP contribution in [0.25, 0.3) is 0 Å². The molecule has 196 valence electrons. The Hall–Kier alpha value is -3.96. The van der Waals surface area contributed by atoms with E-state index in [9.17, 15) is 32.3 Å². The number of alkyl halides is 3. The van der Waals surface area contributed by atoms with Crippen LogP contribution in [-0.2, 0) is 9.59 Å². The van der Waals surface area contributed by atoms with Crippen LogP contribution in [0.2, 0.25) is 0 Å². The number of fused-ring (bicyclic) bond motifs is 1. The van der Waals surface area contributed by atoms with Gasteiger partial charge in [-0.2, -0.15) is 0 Å². The number of carbonyl (C=O) groups excluding carboxylic acids is 4. The van der Waals surface area contributed by atoms with Gasteiger partial charge in [-0.05, 0) is 55.7 Å². The summed E-state index contributed by atoms with van der Waals surface area (Å²) in [6.07, 6.45) is -1.63. The van der Waals surface area contributed by atoms with Crippen molar-refractivity contribution in [3.05, 3.63) is 59.9 Å². The van der Waals surface area contributed by atoms with Gasteiger partial charge in [0.25, 0.3) is 11.8 Å². The van der Waals surface area contributed by atoms with Crippen molar-refractivity contribution in [3.63, 3.8) is 0 Å². The number of nitrogens with zero attached hydrogens (tertiary/aromatic N) is 3. The number of rotatable bonds is 8. The van der Waals surface area contributed by atoms with Crippen molar-refractivity contribution in [1.82, 2.24) is 20.1 Å². The Kier molecular flexibility index (Phi) is 7.74. The molecule has 9 nitrogen and oxygen atoms in total. The van der Waals surface area contributed by atoms with Gasteiger partial charge in [0.2, 0.25) is 5.91 Å². The van der Waals surface area contributed by atoms with Gasteiger partial charge in [-0.25, -0.2) is 0 Å². The first-order valence-electron chi connectivity index (χ1n) is 11.8. The lowest BCUT2D eigenvalue weighted by atomic mass is 10.1. The number of Topliss-reactive ketones (excluding diaryl/α,β-unsaturated/α-hetero) is 1. The third-order valence-electron chi connectivity index (χ3n) is 6.34. The second kappa shape index (κ2) is 11.0. The molecular weight excluding hydrogens is 493 g/mol. The van der Waals surface area contributed by atoms with Gasteiger partial charge in [-0.15, -0.1) is 13.2 Å². The van der Waals surface area contributed by atoms with E-state index in [0.29, 0.717) is 25.8 Å². The fraction of sp³-hybridized carbons (Fsp3) is 0.400. The summed E-state index contributed by atoms with van der Waals surface area (Å²) in [5.74, 6) is -1.55. The number of likely N-dealkylation sites (tertiary alicyclic amines) is 2. The maximum absolute atomic E-state index is 12.8. The highest BCUT2D eigenvalue weighted by atomic mass is 19.4. The van der Waals surface area contributed by atoms with Crippen LogP contribution in [0, 0.1) is 0 Å². The predicted molar refractivity (Wildman–Crippen MR) is 123 cm³/mol. The van der Waals surface area contributed by atoms with Gasteiger partial charge in [0.1, 0.15) is 17.5 Å². The zero-order valence-corrected chi connectivity index (χ0v) is 19.7. The van der Waals surface area contributed by atoms with Crippen molar-refractivity contribution in [2.45, 2.75) is 44.1 Å². The first-order valence-corrected chi connectivity index (χ1v) is 11.8. The van der Waals surface area contributed by atoms with E-state index in [0.717, 1.165) is 12.1 Å². The number of aromatic nitrogens is 1. The van der Waals surface area contributed by atoms with Crippen LogP contribution in [-0.4, -0.2) is 76.4 Å². The Balaban J connectivity index is 1.21. The molecule has 2 aliphatic heterocycles. The van der Waals surface area contributed by atoms with Crippen LogP contribution in [0.4, 0.5) is 13.2 Å². The molecule has 0 spiro atoms. The smallest absolute Gasteiger partial charge is 0.406 e. The van der Waals surface area contributed by atoms with Crippen molar-refractivity contribution in [2.24, 2.45) is 0 Å². The van der Waals surface area contributed by atoms with Crippen molar-refractivity contribution < 1.29 is 37.1 Å². The molecule has 37 heavy (non-hydrogen) atoms. The number of halogens is 3. The first kappa shape index (κ1) is 26.1. The normalized spacial score (nSPS) is 19.1. The lowest BCUT2D eigenvalue weighted by Gasteiger charge is -2.24. The summed E-state index contributed by atoms with van der Waals surface area (Å²) in [7, 11) is 0. The van der Waals surface area contributed by atoms with Crippen LogP contribution in [0.15, 0.2) is 48.7 Å². The van der Waals surface area contributed by atoms with Gasteiger partial charge >= 0.3 is 6.36 Å². The summed E-state index contributed by atoms with van der Waals surface area (Å²) in [5.41, 5.74) is 0.437. The van der Waals surface area contributed by atoms with E-state index >= 15 is 0 Å². The fourth-order valence-electron chi connectivity index (χ4n) is 4.66. The van der Waals surface area contributed by atoms with E-state index < -0.39 is 24.1 Å². The van der Waals surface area contributed by atoms with Gasteiger partial charge in [0, 0.05) is 31.3 Å². The molecule has 2 aromatic rings. The molecule has 1 N–H and O–H groups in total. The van der Waals surface area contributed by atoms with E-state index in [4.69, 9.17) is 0 Å². The summed E-state index contributed by atoms with van der Waals surface area (Å²) in [6.45, 7) is 0.602. The third-order valence-corrected chi connectivity index (χ3v) is 6.34. The lowest BCUT2D eigenvalue weighted by molar-refractivity contribution is -0.274. The highest BCUT2D eigenvalue weighted by Gasteiger charge is 2.51. The summed E-state index contributed by atoms with van der Waals surface area (Å²) >= 11 is 0. The third kappa shape index (κ3) is 6.25. The number of hydrogen-bond acceptors (Lipinski definition) is 6. The molecule has 0 bridgehead atoms. The number of amides is 3. The largest absolute Gasteiger partial charge is 0.573 e. The van der Waals surface area contributed by atoms with Crippen molar-refractivity contribution in [3.8, 4) is 5.75 Å². The van der Waals surface area contributed by atoms with Crippen LogP contribution in [0.5, 0.6) is 5.75 Å². The highest BCUT2D eigenvalue weighted by molar-refractivity contribution is 6.01. The second-order valence-electron chi connectivity index (χ2n) is 8.79. The molecule has 4 rings (SSSR count). The molecule has 0 aliphatic carbocycles. The molecular formula is C25H25F3N4O5. The molecule has 2 saturated heterocycles. The maximum Gasteiger partial charge on any atom is 0.573 e. The minimum Gasteiger partial charge on any atom is -0.406 e. The molecule has 3 amide bonds. The zero-order chi connectivity index (χ0) is 26.6. The Labute approximate surface area is 210 Å². The summed E-state index contributed by atoms with van der Waals surface area (Å²) in [4.78, 5) is 57.6. The molecule has 0 radical (unpaired) electrons. The monoisotopic (exact) mass is 518 g/mol. The number of unbranched alkanes of at least 4 members (excludes halogenated alkanes) is 1. The molecule has 1 aromatic carbocycles. The topological polar surface area (TPSA) is 109 Å². The molecule has 1 aromatic heterocycles. The average Bonchev–Trinajstić information content (AvgIpc) is 3.44. The highest BCUT2D eigenvalue weighted by Crippen LogP contribution is 2.31. The van der Waals surface area contributed by atoms with Crippen LogP contribution in [0.1, 0.15) is 46.5 Å². The number of ketones is 1. The Morgan fingerprint density at radius 3 is 2.49 bits per heavy atom. The van der Waals surface area contributed by atoms with Crippen molar-refractivity contribution in [2.75, 3.05) is 19.6 Å². The lowest BCUT2D eigenvalue weighted by Crippen LogP contribution is -2.43. The van der Waals surface area contributed by atoms with Crippen molar-refractivity contribution >= 4 is 23.5 Å². The predicted octanol–water partition coefficient (Wildman–Crippen LogP) is 2.57. The van der Waals surface area contributed by atoms with Gasteiger partial charge < -0.3 is 19.9 Å². The Morgan fingerprint density at radius 2 is 1.81 bits per heavy atom. The summed E-state index contributed by atoms with van der Waals surface area (Å²) in [6, 6.07) is 8.54. The van der Waals surface area contributed by atoms with Gasteiger partial charge in [0.15, 0.2) is 5.78 Å². The fourth-order valence-corrected chi connectivity index (χ4v) is 4.66. The molecule has 3 heterocycles. The maximum atomic E-state index is 12.8. The number of carbonyl (C=O) groups is 4. The van der Waals surface area contributed by atoms with Crippen molar-refractivity contribution in [1.29, 1.82) is 0 Å². The van der Waals surface area contributed by atoms with E-state index in [1.807, 2.05) is 0 Å². The summed E-state index contributed by atoms with van der Waals surface area (Å²) < 4.78 is 40.5. The van der Waals surface area contributed by atoms with E-state index in [1.165, 1.54) is 23.2 Å². The van der Waals surface area contributed by atoms with E-state index in [1.54, 1.807) is 23.1 Å². The van der Waals surface area contributed by atoms with Gasteiger partial charge in [-0.3, -0.25) is 24.2 Å². The second-order valence-corrected chi connectivity index (χ2v) is 8.79. The van der Waals surface area contributed by atoms with Crippen LogP contribution >= 0.6 is 0 Å². The molecule has 2 atom stereocenters. The number of hydrogen-bond donors (Lipinski definition) is 1.